The number of carbonyl (C=O) groups is 1. The molecule has 0 bridgehead atoms. The van der Waals surface area contributed by atoms with Gasteiger partial charge in [-0.15, -0.1) is 0 Å². The summed E-state index contributed by atoms with van der Waals surface area (Å²) in [5.41, 5.74) is 5.34. The van der Waals surface area contributed by atoms with Crippen molar-refractivity contribution in [2.75, 3.05) is 19.6 Å². The molecule has 0 aromatic carbocycles. The number of fused-ring (bicyclic) bond motifs is 1. The van der Waals surface area contributed by atoms with Crippen molar-refractivity contribution < 1.29 is 9.18 Å². The van der Waals surface area contributed by atoms with Gasteiger partial charge in [0.05, 0.1) is 6.54 Å². The topological polar surface area (TPSA) is 61.9 Å². The number of nitrogens with two attached hydrogens (primary N) is 1. The van der Waals surface area contributed by atoms with Crippen LogP contribution in [0.4, 0.5) is 4.39 Å². The molecule has 2 rings (SSSR count). The minimum absolute atomic E-state index is 0.108. The van der Waals surface area contributed by atoms with Crippen molar-refractivity contribution in [1.29, 1.82) is 0 Å². The lowest BCUT2D eigenvalue weighted by Gasteiger charge is -2.30. The van der Waals surface area contributed by atoms with E-state index < -0.39 is 0 Å². The summed E-state index contributed by atoms with van der Waals surface area (Å²) < 4.78 is 12.9. The Kier molecular flexibility index (Phi) is 2.51. The highest BCUT2D eigenvalue weighted by atomic mass is 19.1. The third kappa shape index (κ3) is 1.89. The summed E-state index contributed by atoms with van der Waals surface area (Å²) in [7, 11) is 0. The number of nitrogens with zero attached hydrogens (tertiary/aromatic N) is 3. The first-order valence-electron chi connectivity index (χ1n) is 4.62. The quantitative estimate of drug-likeness (QED) is 0.685. The van der Waals surface area contributed by atoms with Gasteiger partial charge in [-0.05, 0) is 12.2 Å². The van der Waals surface area contributed by atoms with Crippen LogP contribution in [0.5, 0.6) is 0 Å². The molecule has 0 unspecified atom stereocenters. The van der Waals surface area contributed by atoms with Crippen LogP contribution in [0.25, 0.3) is 0 Å². The minimum atomic E-state index is -0.381. The van der Waals surface area contributed by atoms with Crippen LogP contribution in [0.15, 0.2) is 29.3 Å². The number of hydrogen-bond acceptors (Lipinski definition) is 4. The third-order valence-electron chi connectivity index (χ3n) is 2.12. The highest BCUT2D eigenvalue weighted by molar-refractivity contribution is 6.00. The van der Waals surface area contributed by atoms with Crippen molar-refractivity contribution in [3.8, 4) is 0 Å². The molecule has 6 heteroatoms. The number of halogens is 1. The van der Waals surface area contributed by atoms with Gasteiger partial charge in [-0.25, -0.2) is 9.40 Å². The maximum absolute atomic E-state index is 12.9. The number of hydrogen-bond donors (Lipinski definition) is 1. The lowest BCUT2D eigenvalue weighted by molar-refractivity contribution is -0.132. The molecule has 5 nitrogen and oxygen atoms in total. The second-order valence-corrected chi connectivity index (χ2v) is 3.24. The lowest BCUT2D eigenvalue weighted by atomic mass is 10.3. The van der Waals surface area contributed by atoms with Crippen molar-refractivity contribution >= 4 is 11.7 Å². The Balaban J connectivity index is 2.23. The molecule has 2 heterocycles. The highest BCUT2D eigenvalue weighted by Crippen LogP contribution is 2.15. The van der Waals surface area contributed by atoms with Gasteiger partial charge in [-0.3, -0.25) is 4.79 Å². The van der Waals surface area contributed by atoms with Gasteiger partial charge in [-0.2, -0.15) is 5.10 Å². The lowest BCUT2D eigenvalue weighted by Crippen LogP contribution is -2.46. The molecule has 15 heavy (non-hydrogen) atoms. The monoisotopic (exact) mass is 210 g/mol. The number of carbonyl (C=O) groups excluding carboxylic acids is 1. The van der Waals surface area contributed by atoms with E-state index in [9.17, 15) is 9.18 Å². The van der Waals surface area contributed by atoms with E-state index >= 15 is 0 Å². The van der Waals surface area contributed by atoms with Gasteiger partial charge < -0.3 is 10.6 Å². The Morgan fingerprint density at radius 3 is 3.07 bits per heavy atom. The number of hydrazone groups is 1. The molecule has 0 aliphatic carbocycles. The van der Waals surface area contributed by atoms with Crippen molar-refractivity contribution in [2.45, 2.75) is 0 Å². The van der Waals surface area contributed by atoms with Gasteiger partial charge in [0.25, 0.3) is 5.91 Å². The van der Waals surface area contributed by atoms with Crippen LogP contribution in [0.2, 0.25) is 0 Å². The fourth-order valence-corrected chi connectivity index (χ4v) is 1.43. The molecular weight excluding hydrogens is 199 g/mol. The van der Waals surface area contributed by atoms with E-state index in [1.807, 2.05) is 0 Å². The molecule has 80 valence electrons. The van der Waals surface area contributed by atoms with E-state index in [-0.39, 0.29) is 18.3 Å². The van der Waals surface area contributed by atoms with Crippen molar-refractivity contribution in [3.63, 3.8) is 0 Å². The Labute approximate surface area is 86.3 Å². The molecule has 0 radical (unpaired) electrons. The SMILES string of the molecule is NCCN1N=C2C=CC(F)=CN2CC1=O. The number of rotatable bonds is 2. The largest absolute Gasteiger partial charge is 0.329 e. The average molecular weight is 210 g/mol. The molecule has 0 saturated carbocycles. The van der Waals surface area contributed by atoms with Crippen molar-refractivity contribution in [1.82, 2.24) is 9.91 Å². The van der Waals surface area contributed by atoms with E-state index in [4.69, 9.17) is 5.73 Å². The zero-order valence-corrected chi connectivity index (χ0v) is 8.06. The number of allylic oxidation sites excluding steroid dienone is 2. The van der Waals surface area contributed by atoms with Crippen LogP contribution in [0, 0.1) is 0 Å². The zero-order chi connectivity index (χ0) is 10.8. The van der Waals surface area contributed by atoms with Crippen molar-refractivity contribution in [2.24, 2.45) is 10.8 Å². The standard InChI is InChI=1S/C9H11FN4O/c10-7-1-2-8-12-14(4-3-11)9(15)6-13(8)5-7/h1-2,5H,3-4,6,11H2. The van der Waals surface area contributed by atoms with E-state index in [1.165, 1.54) is 28.3 Å². The molecule has 2 aliphatic rings. The summed E-state index contributed by atoms with van der Waals surface area (Å²) in [6.07, 6.45) is 4.10. The van der Waals surface area contributed by atoms with Gasteiger partial charge in [0, 0.05) is 12.7 Å². The van der Waals surface area contributed by atoms with E-state index in [1.54, 1.807) is 0 Å². The van der Waals surface area contributed by atoms with Gasteiger partial charge in [-0.1, -0.05) is 0 Å². The van der Waals surface area contributed by atoms with Crippen LogP contribution in [0.3, 0.4) is 0 Å². The molecule has 0 saturated heterocycles. The second kappa shape index (κ2) is 3.82. The predicted octanol–water partition coefficient (Wildman–Crippen LogP) is -0.216. The van der Waals surface area contributed by atoms with Crippen molar-refractivity contribution in [3.05, 3.63) is 24.2 Å². The fourth-order valence-electron chi connectivity index (χ4n) is 1.43. The molecular formula is C9H11FN4O. The predicted molar refractivity (Wildman–Crippen MR) is 53.2 cm³/mol. The van der Waals surface area contributed by atoms with Crippen LogP contribution in [0.1, 0.15) is 0 Å². The minimum Gasteiger partial charge on any atom is -0.329 e. The molecule has 0 fully saturated rings. The maximum atomic E-state index is 12.9. The first-order chi connectivity index (χ1) is 7.20. The molecule has 0 spiro atoms. The van der Waals surface area contributed by atoms with E-state index in [2.05, 4.69) is 5.10 Å². The summed E-state index contributed by atoms with van der Waals surface area (Å²) in [4.78, 5) is 13.0. The Bertz CT molecular complexity index is 374. The first kappa shape index (κ1) is 9.85. The van der Waals surface area contributed by atoms with Gasteiger partial charge in [0.15, 0.2) is 5.84 Å². The number of amidine groups is 1. The summed E-state index contributed by atoms with van der Waals surface area (Å²) in [6.45, 7) is 0.850. The van der Waals surface area contributed by atoms with Crippen LogP contribution in [-0.2, 0) is 4.79 Å². The average Bonchev–Trinajstić information content (AvgIpc) is 2.20. The fraction of sp³-hybridized carbons (Fsp3) is 0.333. The Hall–Kier alpha value is -1.69. The zero-order valence-electron chi connectivity index (χ0n) is 8.06. The molecule has 1 amide bonds. The second-order valence-electron chi connectivity index (χ2n) is 3.24. The summed E-state index contributed by atoms with van der Waals surface area (Å²) in [6, 6.07) is 0. The molecule has 0 atom stereocenters. The normalized spacial score (nSPS) is 20.0. The molecule has 2 N–H and O–H groups in total. The van der Waals surface area contributed by atoms with Gasteiger partial charge in [0.1, 0.15) is 12.4 Å². The number of amides is 1. The van der Waals surface area contributed by atoms with Crippen LogP contribution >= 0.6 is 0 Å². The van der Waals surface area contributed by atoms with E-state index in [0.717, 1.165) is 0 Å². The first-order valence-corrected chi connectivity index (χ1v) is 4.62. The summed E-state index contributed by atoms with van der Waals surface area (Å²) >= 11 is 0. The van der Waals surface area contributed by atoms with Gasteiger partial charge in [0.2, 0.25) is 0 Å². The maximum Gasteiger partial charge on any atom is 0.262 e. The smallest absolute Gasteiger partial charge is 0.262 e. The van der Waals surface area contributed by atoms with Crippen LogP contribution < -0.4 is 5.73 Å². The van der Waals surface area contributed by atoms with Crippen LogP contribution in [-0.4, -0.2) is 41.3 Å². The molecule has 0 aromatic heterocycles. The summed E-state index contributed by atoms with van der Waals surface area (Å²) in [5.74, 6) is 0.00187. The van der Waals surface area contributed by atoms with Gasteiger partial charge >= 0.3 is 0 Å². The molecule has 2 aliphatic heterocycles. The molecule has 0 aromatic rings. The third-order valence-corrected chi connectivity index (χ3v) is 2.12. The summed E-state index contributed by atoms with van der Waals surface area (Å²) in [5, 5.41) is 5.37. The Morgan fingerprint density at radius 1 is 1.53 bits per heavy atom. The van der Waals surface area contributed by atoms with E-state index in [0.29, 0.717) is 18.9 Å². The highest BCUT2D eigenvalue weighted by Gasteiger charge is 2.25. The Morgan fingerprint density at radius 2 is 2.33 bits per heavy atom.